The van der Waals surface area contributed by atoms with Crippen molar-refractivity contribution in [2.75, 3.05) is 7.11 Å². The Morgan fingerprint density at radius 2 is 2.14 bits per heavy atom. The third kappa shape index (κ3) is 1.60. The first-order valence-corrected chi connectivity index (χ1v) is 5.46. The summed E-state index contributed by atoms with van der Waals surface area (Å²) in [6.07, 6.45) is 0. The van der Waals surface area contributed by atoms with Crippen molar-refractivity contribution in [1.82, 2.24) is 4.98 Å². The third-order valence-corrected chi connectivity index (χ3v) is 2.67. The van der Waals surface area contributed by atoms with E-state index in [0.717, 1.165) is 27.7 Å². The summed E-state index contributed by atoms with van der Waals surface area (Å²) in [5.41, 5.74) is 1.94. The average Bonchev–Trinajstić information content (AvgIpc) is 2.27. The van der Waals surface area contributed by atoms with Crippen LogP contribution in [0.25, 0.3) is 10.9 Å². The standard InChI is InChI=1S/C11H10BrNO/c1-14-10-4-2-3-8-5-6-9(7-12)13-11(8)10/h2-6H,7H2,1H3. The number of benzene rings is 1. The molecule has 0 amide bonds. The third-order valence-electron chi connectivity index (χ3n) is 2.10. The van der Waals surface area contributed by atoms with Gasteiger partial charge in [-0.15, -0.1) is 0 Å². The molecule has 0 N–H and O–H groups in total. The highest BCUT2D eigenvalue weighted by atomic mass is 79.9. The van der Waals surface area contributed by atoms with E-state index in [-0.39, 0.29) is 0 Å². The number of methoxy groups -OCH3 is 1. The molecule has 3 heteroatoms. The van der Waals surface area contributed by atoms with Crippen LogP contribution in [0.15, 0.2) is 30.3 Å². The van der Waals surface area contributed by atoms with Crippen molar-refractivity contribution in [2.45, 2.75) is 5.33 Å². The van der Waals surface area contributed by atoms with E-state index < -0.39 is 0 Å². The van der Waals surface area contributed by atoms with Gasteiger partial charge in [-0.25, -0.2) is 4.98 Å². The number of aromatic nitrogens is 1. The van der Waals surface area contributed by atoms with E-state index in [1.165, 1.54) is 0 Å². The van der Waals surface area contributed by atoms with E-state index in [0.29, 0.717) is 0 Å². The van der Waals surface area contributed by atoms with E-state index in [9.17, 15) is 0 Å². The van der Waals surface area contributed by atoms with E-state index in [4.69, 9.17) is 4.74 Å². The summed E-state index contributed by atoms with van der Waals surface area (Å²) in [7, 11) is 1.66. The van der Waals surface area contributed by atoms with Gasteiger partial charge in [0.05, 0.1) is 12.8 Å². The maximum atomic E-state index is 5.25. The molecule has 0 aliphatic carbocycles. The van der Waals surface area contributed by atoms with Crippen LogP contribution < -0.4 is 4.74 Å². The van der Waals surface area contributed by atoms with Gasteiger partial charge in [-0.3, -0.25) is 0 Å². The lowest BCUT2D eigenvalue weighted by Crippen LogP contribution is -1.90. The van der Waals surface area contributed by atoms with Gasteiger partial charge >= 0.3 is 0 Å². The van der Waals surface area contributed by atoms with Crippen molar-refractivity contribution in [3.8, 4) is 5.75 Å². The Balaban J connectivity index is 2.70. The zero-order valence-corrected chi connectivity index (χ0v) is 9.41. The first-order valence-electron chi connectivity index (χ1n) is 4.34. The van der Waals surface area contributed by atoms with Crippen molar-refractivity contribution >= 4 is 26.8 Å². The maximum absolute atomic E-state index is 5.25. The molecule has 2 aromatic rings. The molecule has 1 aromatic carbocycles. The molecule has 0 saturated heterocycles. The van der Waals surface area contributed by atoms with Crippen LogP contribution in [0.5, 0.6) is 5.75 Å². The summed E-state index contributed by atoms with van der Waals surface area (Å²) >= 11 is 3.39. The number of para-hydroxylation sites is 1. The molecule has 0 spiro atoms. The van der Waals surface area contributed by atoms with Gasteiger partial charge in [0, 0.05) is 10.7 Å². The number of alkyl halides is 1. The average molecular weight is 252 g/mol. The number of fused-ring (bicyclic) bond motifs is 1. The molecule has 0 aliphatic heterocycles. The van der Waals surface area contributed by atoms with Crippen LogP contribution in [0.3, 0.4) is 0 Å². The topological polar surface area (TPSA) is 22.1 Å². The Kier molecular flexibility index (Phi) is 2.68. The second-order valence-corrected chi connectivity index (χ2v) is 3.53. The Morgan fingerprint density at radius 3 is 2.86 bits per heavy atom. The summed E-state index contributed by atoms with van der Waals surface area (Å²) in [5, 5.41) is 1.87. The van der Waals surface area contributed by atoms with Gasteiger partial charge in [0.2, 0.25) is 0 Å². The van der Waals surface area contributed by atoms with E-state index in [1.807, 2.05) is 24.3 Å². The van der Waals surface area contributed by atoms with Crippen LogP contribution in [-0.4, -0.2) is 12.1 Å². The Labute approximate surface area is 91.0 Å². The molecule has 0 atom stereocenters. The van der Waals surface area contributed by atoms with Gasteiger partial charge in [0.1, 0.15) is 11.3 Å². The van der Waals surface area contributed by atoms with E-state index in [2.05, 4.69) is 27.0 Å². The van der Waals surface area contributed by atoms with Crippen molar-refractivity contribution < 1.29 is 4.74 Å². The second kappa shape index (κ2) is 3.96. The SMILES string of the molecule is COc1cccc2ccc(CBr)nc12. The van der Waals surface area contributed by atoms with Crippen LogP contribution in [0.1, 0.15) is 5.69 Å². The number of nitrogens with zero attached hydrogens (tertiary/aromatic N) is 1. The highest BCUT2D eigenvalue weighted by Crippen LogP contribution is 2.23. The predicted octanol–water partition coefficient (Wildman–Crippen LogP) is 3.14. The molecule has 1 aromatic heterocycles. The summed E-state index contributed by atoms with van der Waals surface area (Å²) in [4.78, 5) is 4.49. The van der Waals surface area contributed by atoms with Gasteiger partial charge in [-0.2, -0.15) is 0 Å². The molecule has 2 nitrogen and oxygen atoms in total. The fourth-order valence-electron chi connectivity index (χ4n) is 1.40. The lowest BCUT2D eigenvalue weighted by atomic mass is 10.2. The molecular weight excluding hydrogens is 242 g/mol. The van der Waals surface area contributed by atoms with Crippen LogP contribution in [0.4, 0.5) is 0 Å². The highest BCUT2D eigenvalue weighted by molar-refractivity contribution is 9.08. The van der Waals surface area contributed by atoms with Crippen molar-refractivity contribution in [3.63, 3.8) is 0 Å². The number of hydrogen-bond donors (Lipinski definition) is 0. The molecule has 0 bridgehead atoms. The fraction of sp³-hybridized carbons (Fsp3) is 0.182. The lowest BCUT2D eigenvalue weighted by Gasteiger charge is -2.05. The number of halogens is 1. The molecule has 14 heavy (non-hydrogen) atoms. The predicted molar refractivity (Wildman–Crippen MR) is 60.9 cm³/mol. The van der Waals surface area contributed by atoms with Crippen molar-refractivity contribution in [1.29, 1.82) is 0 Å². The first kappa shape index (κ1) is 9.46. The molecule has 0 aliphatic rings. The molecule has 0 radical (unpaired) electrons. The number of pyridine rings is 1. The molecule has 1 heterocycles. The van der Waals surface area contributed by atoms with Gasteiger partial charge in [-0.1, -0.05) is 34.1 Å². The Hall–Kier alpha value is -1.09. The molecule has 0 unspecified atom stereocenters. The number of rotatable bonds is 2. The van der Waals surface area contributed by atoms with Gasteiger partial charge in [0.25, 0.3) is 0 Å². The molecule has 72 valence electrons. The minimum atomic E-state index is 0.765. The van der Waals surface area contributed by atoms with Crippen LogP contribution >= 0.6 is 15.9 Å². The largest absolute Gasteiger partial charge is 0.494 e. The van der Waals surface area contributed by atoms with Gasteiger partial charge in [-0.05, 0) is 12.1 Å². The maximum Gasteiger partial charge on any atom is 0.145 e. The van der Waals surface area contributed by atoms with Crippen molar-refractivity contribution in [3.05, 3.63) is 36.0 Å². The Morgan fingerprint density at radius 1 is 1.29 bits per heavy atom. The summed E-state index contributed by atoms with van der Waals surface area (Å²) in [6.45, 7) is 0. The van der Waals surface area contributed by atoms with Gasteiger partial charge in [0.15, 0.2) is 0 Å². The minimum Gasteiger partial charge on any atom is -0.494 e. The summed E-state index contributed by atoms with van der Waals surface area (Å²) < 4.78 is 5.25. The second-order valence-electron chi connectivity index (χ2n) is 2.97. The number of ether oxygens (including phenoxy) is 1. The smallest absolute Gasteiger partial charge is 0.145 e. The van der Waals surface area contributed by atoms with E-state index >= 15 is 0 Å². The zero-order valence-electron chi connectivity index (χ0n) is 7.83. The zero-order chi connectivity index (χ0) is 9.97. The Bertz CT molecular complexity index is 456. The number of hydrogen-bond acceptors (Lipinski definition) is 2. The van der Waals surface area contributed by atoms with Crippen LogP contribution in [0, 0.1) is 0 Å². The summed E-state index contributed by atoms with van der Waals surface area (Å²) in [6, 6.07) is 9.99. The lowest BCUT2D eigenvalue weighted by molar-refractivity contribution is 0.419. The van der Waals surface area contributed by atoms with E-state index in [1.54, 1.807) is 7.11 Å². The van der Waals surface area contributed by atoms with Crippen LogP contribution in [-0.2, 0) is 5.33 Å². The fourth-order valence-corrected chi connectivity index (χ4v) is 1.71. The molecule has 2 rings (SSSR count). The quantitative estimate of drug-likeness (QED) is 0.766. The highest BCUT2D eigenvalue weighted by Gasteiger charge is 2.02. The molecule has 0 fully saturated rings. The normalized spacial score (nSPS) is 10.4. The molecular formula is C11H10BrNO. The minimum absolute atomic E-state index is 0.765. The molecule has 0 saturated carbocycles. The van der Waals surface area contributed by atoms with Gasteiger partial charge < -0.3 is 4.74 Å². The van der Waals surface area contributed by atoms with Crippen LogP contribution in [0.2, 0.25) is 0 Å². The van der Waals surface area contributed by atoms with Crippen molar-refractivity contribution in [2.24, 2.45) is 0 Å². The first-order chi connectivity index (χ1) is 6.85. The monoisotopic (exact) mass is 251 g/mol. The summed E-state index contributed by atoms with van der Waals surface area (Å²) in [5.74, 6) is 0.824.